The Balaban J connectivity index is 0.000000437. The molecular formula is C12H18N2O3. The van der Waals surface area contributed by atoms with Crippen LogP contribution >= 0.6 is 0 Å². The van der Waals surface area contributed by atoms with E-state index in [2.05, 4.69) is 16.1 Å². The van der Waals surface area contributed by atoms with Crippen LogP contribution in [0.1, 0.15) is 18.4 Å². The second-order valence-corrected chi connectivity index (χ2v) is 3.72. The van der Waals surface area contributed by atoms with E-state index in [0.29, 0.717) is 12.6 Å². The molecule has 0 spiro atoms. The second kappa shape index (κ2) is 7.65. The Morgan fingerprint density at radius 2 is 2.00 bits per heavy atom. The summed E-state index contributed by atoms with van der Waals surface area (Å²) in [4.78, 5) is 14.9. The summed E-state index contributed by atoms with van der Waals surface area (Å²) in [6, 6.07) is 10.0. The van der Waals surface area contributed by atoms with Gasteiger partial charge in [-0.3, -0.25) is 0 Å². The molecule has 1 aliphatic carbocycles. The summed E-state index contributed by atoms with van der Waals surface area (Å²) in [5.41, 5.74) is 1.01. The highest BCUT2D eigenvalue weighted by atomic mass is 16.6. The molecule has 1 fully saturated rings. The van der Waals surface area contributed by atoms with E-state index in [9.17, 15) is 4.79 Å². The van der Waals surface area contributed by atoms with Crippen LogP contribution in [-0.4, -0.2) is 19.2 Å². The molecule has 0 heterocycles. The molecule has 0 atom stereocenters. The molecule has 5 nitrogen and oxygen atoms in total. The molecule has 1 aromatic rings. The first-order valence-corrected chi connectivity index (χ1v) is 5.46. The topological polar surface area (TPSA) is 73.6 Å². The van der Waals surface area contributed by atoms with Crippen molar-refractivity contribution in [2.24, 2.45) is 5.90 Å². The molecule has 0 saturated heterocycles. The fourth-order valence-corrected chi connectivity index (χ4v) is 1.16. The average molecular weight is 238 g/mol. The number of nitrogens with one attached hydrogen (secondary N) is 1. The monoisotopic (exact) mass is 238 g/mol. The molecule has 2 rings (SSSR count). The number of benzene rings is 1. The third-order valence-electron chi connectivity index (χ3n) is 2.11. The van der Waals surface area contributed by atoms with Crippen LogP contribution in [0.15, 0.2) is 30.3 Å². The zero-order chi connectivity index (χ0) is 12.5. The molecule has 5 heteroatoms. The summed E-state index contributed by atoms with van der Waals surface area (Å²) in [5.74, 6) is 4.35. The zero-order valence-electron chi connectivity index (χ0n) is 9.89. The van der Waals surface area contributed by atoms with Crippen molar-refractivity contribution >= 4 is 6.09 Å². The molecule has 94 valence electrons. The van der Waals surface area contributed by atoms with Gasteiger partial charge >= 0.3 is 6.09 Å². The molecule has 1 amide bonds. The maximum absolute atomic E-state index is 11.1. The minimum absolute atomic E-state index is 0.309. The van der Waals surface area contributed by atoms with Gasteiger partial charge in [-0.1, -0.05) is 30.3 Å². The Bertz CT molecular complexity index is 326. The molecule has 0 aliphatic heterocycles. The van der Waals surface area contributed by atoms with E-state index in [0.717, 1.165) is 18.4 Å². The maximum Gasteiger partial charge on any atom is 0.407 e. The average Bonchev–Trinajstić information content (AvgIpc) is 3.13. The number of rotatable bonds is 3. The van der Waals surface area contributed by atoms with E-state index in [1.165, 1.54) is 7.11 Å². The predicted octanol–water partition coefficient (Wildman–Crippen LogP) is 1.58. The lowest BCUT2D eigenvalue weighted by molar-refractivity contribution is 0.139. The number of amides is 1. The first-order valence-electron chi connectivity index (χ1n) is 5.46. The van der Waals surface area contributed by atoms with E-state index in [-0.39, 0.29) is 6.09 Å². The standard InChI is InChI=1S/C11H13NO2.CH5NO/c13-11(12-10-6-7-10)14-8-9-4-2-1-3-5-9;1-3-2/h1-5,10H,6-8H2,(H,12,13);2H2,1H3. The van der Waals surface area contributed by atoms with E-state index in [1.807, 2.05) is 30.3 Å². The van der Waals surface area contributed by atoms with Gasteiger partial charge in [0.2, 0.25) is 0 Å². The summed E-state index contributed by atoms with van der Waals surface area (Å²) in [6.45, 7) is 0.347. The van der Waals surface area contributed by atoms with E-state index >= 15 is 0 Å². The first kappa shape index (κ1) is 13.5. The quantitative estimate of drug-likeness (QED) is 0.784. The molecule has 1 aliphatic rings. The number of carbonyl (C=O) groups excluding carboxylic acids is 1. The van der Waals surface area contributed by atoms with Gasteiger partial charge in [0, 0.05) is 6.04 Å². The van der Waals surface area contributed by atoms with Crippen molar-refractivity contribution in [3.8, 4) is 0 Å². The van der Waals surface area contributed by atoms with Crippen LogP contribution < -0.4 is 11.2 Å². The van der Waals surface area contributed by atoms with Gasteiger partial charge in [-0.05, 0) is 18.4 Å². The number of carbonyl (C=O) groups is 1. The lowest BCUT2D eigenvalue weighted by Crippen LogP contribution is -2.25. The van der Waals surface area contributed by atoms with Gasteiger partial charge in [-0.2, -0.15) is 0 Å². The second-order valence-electron chi connectivity index (χ2n) is 3.72. The highest BCUT2D eigenvalue weighted by Crippen LogP contribution is 2.18. The number of hydrogen-bond acceptors (Lipinski definition) is 4. The summed E-state index contributed by atoms with van der Waals surface area (Å²) in [6.07, 6.45) is 1.86. The number of nitrogens with two attached hydrogens (primary N) is 1. The van der Waals surface area contributed by atoms with Crippen molar-refractivity contribution in [1.82, 2.24) is 5.32 Å². The smallest absolute Gasteiger partial charge is 0.407 e. The molecular weight excluding hydrogens is 220 g/mol. The Labute approximate surface area is 101 Å². The molecule has 1 aromatic carbocycles. The van der Waals surface area contributed by atoms with Gasteiger partial charge in [-0.15, -0.1) is 0 Å². The van der Waals surface area contributed by atoms with Crippen LogP contribution in [0.25, 0.3) is 0 Å². The van der Waals surface area contributed by atoms with Crippen LogP contribution in [0.5, 0.6) is 0 Å². The first-order chi connectivity index (χ1) is 8.26. The molecule has 3 N–H and O–H groups in total. The van der Waals surface area contributed by atoms with E-state index < -0.39 is 0 Å². The highest BCUT2D eigenvalue weighted by molar-refractivity contribution is 5.67. The maximum atomic E-state index is 11.1. The summed E-state index contributed by atoms with van der Waals surface area (Å²) < 4.78 is 5.03. The Kier molecular flexibility index (Phi) is 6.06. The van der Waals surface area contributed by atoms with Crippen LogP contribution in [0.3, 0.4) is 0 Å². The van der Waals surface area contributed by atoms with Gasteiger partial charge in [0.1, 0.15) is 6.61 Å². The molecule has 0 bridgehead atoms. The Morgan fingerprint density at radius 3 is 2.53 bits per heavy atom. The number of ether oxygens (including phenoxy) is 1. The van der Waals surface area contributed by atoms with Crippen molar-refractivity contribution in [2.45, 2.75) is 25.5 Å². The highest BCUT2D eigenvalue weighted by Gasteiger charge is 2.23. The minimum Gasteiger partial charge on any atom is -0.445 e. The fourth-order valence-electron chi connectivity index (χ4n) is 1.16. The van der Waals surface area contributed by atoms with Gasteiger partial charge in [0.05, 0.1) is 7.11 Å². The van der Waals surface area contributed by atoms with E-state index in [4.69, 9.17) is 4.74 Å². The minimum atomic E-state index is -0.309. The predicted molar refractivity (Wildman–Crippen MR) is 64.0 cm³/mol. The Hall–Kier alpha value is -1.59. The van der Waals surface area contributed by atoms with Crippen molar-refractivity contribution in [2.75, 3.05) is 7.11 Å². The molecule has 0 unspecified atom stereocenters. The summed E-state index contributed by atoms with van der Waals surface area (Å²) >= 11 is 0. The van der Waals surface area contributed by atoms with Gasteiger partial charge in [-0.25, -0.2) is 10.7 Å². The summed E-state index contributed by atoms with van der Waals surface area (Å²) in [5, 5.41) is 2.76. The fraction of sp³-hybridized carbons (Fsp3) is 0.417. The van der Waals surface area contributed by atoms with Crippen molar-refractivity contribution in [1.29, 1.82) is 0 Å². The summed E-state index contributed by atoms with van der Waals surface area (Å²) in [7, 11) is 1.40. The zero-order valence-corrected chi connectivity index (χ0v) is 9.89. The largest absolute Gasteiger partial charge is 0.445 e. The lowest BCUT2D eigenvalue weighted by Gasteiger charge is -2.05. The third-order valence-corrected chi connectivity index (χ3v) is 2.11. The van der Waals surface area contributed by atoms with Crippen LogP contribution in [0, 0.1) is 0 Å². The molecule has 17 heavy (non-hydrogen) atoms. The number of hydrogen-bond donors (Lipinski definition) is 2. The van der Waals surface area contributed by atoms with Crippen molar-refractivity contribution in [3.05, 3.63) is 35.9 Å². The van der Waals surface area contributed by atoms with Crippen LogP contribution in [-0.2, 0) is 16.2 Å². The SMILES string of the molecule is CON.O=C(NC1CC1)OCc1ccccc1. The molecule has 1 saturated carbocycles. The molecule has 0 radical (unpaired) electrons. The number of alkyl carbamates (subject to hydrolysis) is 1. The van der Waals surface area contributed by atoms with Gasteiger partial charge in [0.15, 0.2) is 0 Å². The van der Waals surface area contributed by atoms with Crippen molar-refractivity contribution < 1.29 is 14.4 Å². The normalized spacial score (nSPS) is 13.3. The van der Waals surface area contributed by atoms with Crippen molar-refractivity contribution in [3.63, 3.8) is 0 Å². The Morgan fingerprint density at radius 1 is 1.41 bits per heavy atom. The molecule has 0 aromatic heterocycles. The lowest BCUT2D eigenvalue weighted by atomic mass is 10.2. The van der Waals surface area contributed by atoms with Crippen LogP contribution in [0.4, 0.5) is 4.79 Å². The third kappa shape index (κ3) is 6.55. The van der Waals surface area contributed by atoms with Gasteiger partial charge < -0.3 is 14.9 Å². The van der Waals surface area contributed by atoms with Gasteiger partial charge in [0.25, 0.3) is 0 Å². The van der Waals surface area contributed by atoms with Crippen LogP contribution in [0.2, 0.25) is 0 Å². The van der Waals surface area contributed by atoms with E-state index in [1.54, 1.807) is 0 Å².